The van der Waals surface area contributed by atoms with Crippen molar-refractivity contribution in [3.63, 3.8) is 0 Å². The van der Waals surface area contributed by atoms with Crippen LogP contribution >= 0.6 is 0 Å². The summed E-state index contributed by atoms with van der Waals surface area (Å²) in [6.45, 7) is 4.48. The lowest BCUT2D eigenvalue weighted by atomic mass is 9.80. The fourth-order valence-corrected chi connectivity index (χ4v) is 5.64. The highest BCUT2D eigenvalue weighted by molar-refractivity contribution is 6.03. The number of fused-ring (bicyclic) bond motifs is 1. The van der Waals surface area contributed by atoms with Crippen LogP contribution in [0.15, 0.2) is 24.5 Å². The zero-order chi connectivity index (χ0) is 26.9. The Balaban J connectivity index is 1.68. The number of hydrogen-bond acceptors (Lipinski definition) is 8. The van der Waals surface area contributed by atoms with E-state index in [0.29, 0.717) is 46.8 Å². The molecule has 0 spiro atoms. The highest BCUT2D eigenvalue weighted by Crippen LogP contribution is 2.37. The van der Waals surface area contributed by atoms with Crippen LogP contribution in [0.2, 0.25) is 0 Å². The summed E-state index contributed by atoms with van der Waals surface area (Å²) < 4.78 is 2.03. The number of aromatic nitrogens is 5. The van der Waals surface area contributed by atoms with Crippen molar-refractivity contribution in [1.29, 1.82) is 5.41 Å². The first kappa shape index (κ1) is 26.0. The molecule has 0 aliphatic heterocycles. The number of rotatable bonds is 8. The maximum absolute atomic E-state index is 11.8. The van der Waals surface area contributed by atoms with Gasteiger partial charge in [0.2, 0.25) is 0 Å². The summed E-state index contributed by atoms with van der Waals surface area (Å²) in [4.78, 5) is 29.4. The average Bonchev–Trinajstić information content (AvgIpc) is 3.23. The summed E-state index contributed by atoms with van der Waals surface area (Å²) in [5, 5.41) is 34.8. The second kappa shape index (κ2) is 10.6. The lowest BCUT2D eigenvalue weighted by molar-refractivity contribution is 0.0865. The number of nitrogens with one attached hydrogen (secondary N) is 3. The van der Waals surface area contributed by atoms with Gasteiger partial charge in [-0.2, -0.15) is 0 Å². The maximum Gasteiger partial charge on any atom is 0.410 e. The van der Waals surface area contributed by atoms with Crippen LogP contribution in [0, 0.1) is 17.2 Å². The van der Waals surface area contributed by atoms with Gasteiger partial charge < -0.3 is 20.1 Å². The molecule has 1 amide bonds. The molecule has 202 valence electrons. The lowest BCUT2D eigenvalue weighted by Crippen LogP contribution is -2.33. The van der Waals surface area contributed by atoms with E-state index >= 15 is 0 Å². The van der Waals surface area contributed by atoms with Crippen LogP contribution in [0.1, 0.15) is 82.4 Å². The second-order valence-electron chi connectivity index (χ2n) is 10.9. The van der Waals surface area contributed by atoms with Gasteiger partial charge >= 0.3 is 6.09 Å². The second-order valence-corrected chi connectivity index (χ2v) is 10.9. The molecule has 0 bridgehead atoms. The number of aliphatic hydroxyl groups is 1. The normalized spacial score (nSPS) is 18.9. The number of pyridine rings is 1. The summed E-state index contributed by atoms with van der Waals surface area (Å²) >= 11 is 0. The maximum atomic E-state index is 11.8. The number of amides is 1. The van der Waals surface area contributed by atoms with Crippen LogP contribution in [0.3, 0.4) is 0 Å². The molecule has 11 nitrogen and oxygen atoms in total. The Morgan fingerprint density at radius 1 is 1.18 bits per heavy atom. The molecule has 3 heterocycles. The molecule has 0 radical (unpaired) electrons. The van der Waals surface area contributed by atoms with Gasteiger partial charge in [0.05, 0.1) is 0 Å². The van der Waals surface area contributed by atoms with Crippen LogP contribution in [0.25, 0.3) is 11.2 Å². The summed E-state index contributed by atoms with van der Waals surface area (Å²) in [7, 11) is 0. The fourth-order valence-electron chi connectivity index (χ4n) is 5.64. The van der Waals surface area contributed by atoms with Crippen LogP contribution in [0.4, 0.5) is 10.6 Å². The molecule has 1 unspecified atom stereocenters. The molecule has 2 saturated carbocycles. The Bertz CT molecular complexity index is 1310. The zero-order valence-electron chi connectivity index (χ0n) is 21.9. The van der Waals surface area contributed by atoms with E-state index in [-0.39, 0.29) is 11.9 Å². The number of amidine groups is 1. The van der Waals surface area contributed by atoms with E-state index in [1.165, 1.54) is 25.7 Å². The number of hydrogen-bond donors (Lipinski definition) is 5. The smallest absolute Gasteiger partial charge is 0.410 e. The third-order valence-corrected chi connectivity index (χ3v) is 8.10. The Hall–Kier alpha value is -3.60. The zero-order valence-corrected chi connectivity index (χ0v) is 21.9. The van der Waals surface area contributed by atoms with Crippen molar-refractivity contribution < 1.29 is 15.0 Å². The number of imidazole rings is 1. The quantitative estimate of drug-likeness (QED) is 0.217. The standard InChI is InChI=1S/C27H36N8O3/c1-16(18-10-6-11-18)30-22-20-23(33-24(32-22)21(28)31-26(36)37)34-25(27(2,38)19-12-7-13-29-14-19)35(20)15-17-8-4-3-5-9-17/h7,12-14,16-18,38H,3-6,8-11,15H2,1-2H3,(H2,28,31)(H,36,37)(H,30,32,33)/t16-,27?/m1/s1. The van der Waals surface area contributed by atoms with E-state index in [0.717, 1.165) is 25.7 Å². The van der Waals surface area contributed by atoms with Gasteiger partial charge in [0, 0.05) is 30.5 Å². The Kier molecular flexibility index (Phi) is 7.29. The number of carbonyl (C=O) groups is 1. The minimum Gasteiger partial charge on any atom is -0.465 e. The molecule has 38 heavy (non-hydrogen) atoms. The highest BCUT2D eigenvalue weighted by Gasteiger charge is 2.35. The van der Waals surface area contributed by atoms with E-state index in [2.05, 4.69) is 27.2 Å². The van der Waals surface area contributed by atoms with Gasteiger partial charge in [-0.25, -0.2) is 19.7 Å². The van der Waals surface area contributed by atoms with Gasteiger partial charge in [0.1, 0.15) is 16.9 Å². The molecule has 5 rings (SSSR count). The van der Waals surface area contributed by atoms with Crippen molar-refractivity contribution in [2.24, 2.45) is 11.8 Å². The average molecular weight is 521 g/mol. The monoisotopic (exact) mass is 520 g/mol. The fraction of sp³-hybridized carbons (Fsp3) is 0.556. The van der Waals surface area contributed by atoms with Gasteiger partial charge in [-0.1, -0.05) is 31.7 Å². The summed E-state index contributed by atoms with van der Waals surface area (Å²) in [5.74, 6) is 1.35. The minimum atomic E-state index is -1.46. The number of carboxylic acid groups (broad SMARTS) is 1. The Morgan fingerprint density at radius 2 is 1.95 bits per heavy atom. The third kappa shape index (κ3) is 5.20. The minimum absolute atomic E-state index is 0.0712. The van der Waals surface area contributed by atoms with Crippen LogP contribution in [-0.2, 0) is 12.1 Å². The molecule has 2 aliphatic rings. The molecule has 0 saturated heterocycles. The topological polar surface area (TPSA) is 162 Å². The van der Waals surface area contributed by atoms with E-state index in [9.17, 15) is 9.90 Å². The molecular weight excluding hydrogens is 484 g/mol. The lowest BCUT2D eigenvalue weighted by Gasteiger charge is -2.32. The van der Waals surface area contributed by atoms with Gasteiger partial charge in [-0.3, -0.25) is 15.7 Å². The van der Waals surface area contributed by atoms with E-state index in [1.807, 2.05) is 16.0 Å². The molecule has 0 aromatic carbocycles. The Morgan fingerprint density at radius 3 is 2.58 bits per heavy atom. The third-order valence-electron chi connectivity index (χ3n) is 8.10. The summed E-state index contributed by atoms with van der Waals surface area (Å²) in [6.07, 6.45) is 11.2. The largest absolute Gasteiger partial charge is 0.465 e. The predicted octanol–water partition coefficient (Wildman–Crippen LogP) is 4.25. The molecule has 2 atom stereocenters. The van der Waals surface area contributed by atoms with Crippen molar-refractivity contribution in [3.8, 4) is 0 Å². The van der Waals surface area contributed by atoms with Gasteiger partial charge in [-0.05, 0) is 57.4 Å². The van der Waals surface area contributed by atoms with Crippen molar-refractivity contribution in [3.05, 3.63) is 41.7 Å². The molecular formula is C27H36N8O3. The van der Waals surface area contributed by atoms with Crippen molar-refractivity contribution in [2.45, 2.75) is 83.4 Å². The van der Waals surface area contributed by atoms with Crippen molar-refractivity contribution in [1.82, 2.24) is 29.8 Å². The summed E-state index contributed by atoms with van der Waals surface area (Å²) in [5.41, 5.74) is 0.108. The molecule has 3 aromatic heterocycles. The Labute approximate surface area is 221 Å². The van der Waals surface area contributed by atoms with E-state index < -0.39 is 17.5 Å². The molecule has 3 aromatic rings. The number of nitrogens with zero attached hydrogens (tertiary/aromatic N) is 5. The first-order chi connectivity index (χ1) is 18.2. The van der Waals surface area contributed by atoms with Crippen LogP contribution < -0.4 is 10.6 Å². The first-order valence-electron chi connectivity index (χ1n) is 13.5. The molecule has 11 heteroatoms. The SMILES string of the molecule is C[C@@H](Nc1nc(C(=N)NC(=O)O)nc2nc(C(C)(O)c3cccnc3)n(CC3CCCCC3)c12)C1CCC1. The van der Waals surface area contributed by atoms with Gasteiger partial charge in [-0.15, -0.1) is 0 Å². The van der Waals surface area contributed by atoms with Crippen molar-refractivity contribution in [2.75, 3.05) is 5.32 Å². The molecule has 5 N–H and O–H groups in total. The highest BCUT2D eigenvalue weighted by atomic mass is 16.4. The number of anilines is 1. The predicted molar refractivity (Wildman–Crippen MR) is 143 cm³/mol. The van der Waals surface area contributed by atoms with Gasteiger partial charge in [0.15, 0.2) is 23.1 Å². The first-order valence-corrected chi connectivity index (χ1v) is 13.5. The molecule has 2 aliphatic carbocycles. The van der Waals surface area contributed by atoms with E-state index in [1.54, 1.807) is 25.4 Å². The van der Waals surface area contributed by atoms with Gasteiger partial charge in [0.25, 0.3) is 0 Å². The van der Waals surface area contributed by atoms with Crippen molar-refractivity contribution >= 4 is 28.9 Å². The van der Waals surface area contributed by atoms with Crippen LogP contribution in [-0.4, -0.2) is 52.7 Å². The van der Waals surface area contributed by atoms with Crippen LogP contribution in [0.5, 0.6) is 0 Å². The summed E-state index contributed by atoms with van der Waals surface area (Å²) in [6, 6.07) is 3.72. The van der Waals surface area contributed by atoms with E-state index in [4.69, 9.17) is 15.5 Å². The molecule has 2 fully saturated rings.